The number of likely N-dealkylation sites (tertiary alicyclic amines) is 1. The fraction of sp³-hybridized carbons (Fsp3) is 0.367. The van der Waals surface area contributed by atoms with E-state index in [1.807, 2.05) is 48.5 Å². The molecule has 2 aromatic carbocycles. The maximum absolute atomic E-state index is 13.6. The van der Waals surface area contributed by atoms with Crippen LogP contribution in [0, 0.1) is 0 Å². The molecule has 1 aliphatic carbocycles. The number of nitrogens with one attached hydrogen (secondary N) is 2. The van der Waals surface area contributed by atoms with Crippen molar-refractivity contribution in [2.75, 3.05) is 18.4 Å². The van der Waals surface area contributed by atoms with Gasteiger partial charge in [0.2, 0.25) is 5.95 Å². The summed E-state index contributed by atoms with van der Waals surface area (Å²) < 4.78 is 41.8. The van der Waals surface area contributed by atoms with Crippen molar-refractivity contribution in [3.8, 4) is 5.82 Å². The van der Waals surface area contributed by atoms with Crippen LogP contribution < -0.4 is 10.6 Å². The van der Waals surface area contributed by atoms with E-state index in [0.29, 0.717) is 18.3 Å². The van der Waals surface area contributed by atoms with Gasteiger partial charge < -0.3 is 15.5 Å². The van der Waals surface area contributed by atoms with Gasteiger partial charge in [0, 0.05) is 18.3 Å². The Kier molecular flexibility index (Phi) is 7.88. The third kappa shape index (κ3) is 6.28. The number of amides is 1. The second kappa shape index (κ2) is 11.9. The monoisotopic (exact) mass is 576 g/mol. The first kappa shape index (κ1) is 27.8. The Balaban J connectivity index is 1.20. The number of carbonyl (C=O) groups excluding carboxylic acids is 1. The van der Waals surface area contributed by atoms with E-state index in [0.717, 1.165) is 49.0 Å². The highest BCUT2D eigenvalue weighted by molar-refractivity contribution is 5.92. The standard InChI is InChI=1S/C30H31F3N8O/c31-30(32,33)28-36-29(35-23-11-8-21-9-12-24(13-10-22(21)18-23)40-16-4-5-17-40)41(39-28)26-15-14-25(37-38-26)27(42)34-19-20-6-2-1-3-7-20/h1-3,6-8,11,14-15,18,24H,4-5,9-10,12-13,16-17,19H2,(H,34,42)(H,35,36,39). The van der Waals surface area contributed by atoms with E-state index >= 15 is 0 Å². The fourth-order valence-corrected chi connectivity index (χ4v) is 5.67. The number of benzene rings is 2. The first-order valence-corrected chi connectivity index (χ1v) is 14.2. The lowest BCUT2D eigenvalue weighted by Crippen LogP contribution is -2.32. The van der Waals surface area contributed by atoms with Gasteiger partial charge in [-0.15, -0.1) is 15.3 Å². The minimum absolute atomic E-state index is 0.0108. The Morgan fingerprint density at radius 2 is 1.69 bits per heavy atom. The molecule has 1 amide bonds. The minimum atomic E-state index is -4.76. The van der Waals surface area contributed by atoms with Gasteiger partial charge >= 0.3 is 6.18 Å². The smallest absolute Gasteiger partial charge is 0.347 e. The van der Waals surface area contributed by atoms with Gasteiger partial charge in [-0.25, -0.2) is 0 Å². The van der Waals surface area contributed by atoms with Crippen LogP contribution in [0.3, 0.4) is 0 Å². The van der Waals surface area contributed by atoms with Crippen LogP contribution >= 0.6 is 0 Å². The molecule has 2 N–H and O–H groups in total. The summed E-state index contributed by atoms with van der Waals surface area (Å²) in [6.45, 7) is 2.62. The normalized spacial score (nSPS) is 17.5. The van der Waals surface area contributed by atoms with Gasteiger partial charge in [-0.1, -0.05) is 36.4 Å². The highest BCUT2D eigenvalue weighted by Crippen LogP contribution is 2.31. The molecule has 1 fully saturated rings. The molecule has 1 saturated heterocycles. The molecular formula is C30H31F3N8O. The SMILES string of the molecule is O=C(NCc1ccccc1)c1ccc(-n2nc(C(F)(F)F)nc2Nc2ccc3c(c2)CCC(N2CCCC2)CC3)nn1. The third-order valence-electron chi connectivity index (χ3n) is 7.87. The average Bonchev–Trinajstić information content (AvgIpc) is 3.64. The molecule has 4 aromatic rings. The second-order valence-corrected chi connectivity index (χ2v) is 10.7. The summed E-state index contributed by atoms with van der Waals surface area (Å²) in [5.41, 5.74) is 4.01. The van der Waals surface area contributed by atoms with Gasteiger partial charge in [0.15, 0.2) is 11.5 Å². The van der Waals surface area contributed by atoms with Crippen molar-refractivity contribution in [2.45, 2.75) is 57.3 Å². The van der Waals surface area contributed by atoms with Crippen molar-refractivity contribution < 1.29 is 18.0 Å². The maximum Gasteiger partial charge on any atom is 0.453 e. The zero-order chi connectivity index (χ0) is 29.1. The van der Waals surface area contributed by atoms with Crippen LogP contribution in [-0.2, 0) is 25.6 Å². The molecule has 42 heavy (non-hydrogen) atoms. The predicted molar refractivity (Wildman–Crippen MR) is 151 cm³/mol. The van der Waals surface area contributed by atoms with Gasteiger partial charge in [0.1, 0.15) is 0 Å². The summed E-state index contributed by atoms with van der Waals surface area (Å²) in [6.07, 6.45) is 1.82. The van der Waals surface area contributed by atoms with E-state index in [1.54, 1.807) is 0 Å². The summed E-state index contributed by atoms with van der Waals surface area (Å²) in [6, 6.07) is 18.6. The zero-order valence-electron chi connectivity index (χ0n) is 22.9. The van der Waals surface area contributed by atoms with E-state index in [1.165, 1.54) is 36.1 Å². The first-order chi connectivity index (χ1) is 20.3. The molecule has 1 aliphatic heterocycles. The summed E-state index contributed by atoms with van der Waals surface area (Å²) >= 11 is 0. The van der Waals surface area contributed by atoms with Crippen molar-refractivity contribution in [1.82, 2.24) is 35.2 Å². The van der Waals surface area contributed by atoms with Crippen LogP contribution in [0.25, 0.3) is 5.82 Å². The van der Waals surface area contributed by atoms with Gasteiger partial charge in [-0.3, -0.25) is 4.79 Å². The number of alkyl halides is 3. The topological polar surface area (TPSA) is 101 Å². The molecule has 6 rings (SSSR count). The van der Waals surface area contributed by atoms with Gasteiger partial charge in [-0.05, 0) is 92.6 Å². The highest BCUT2D eigenvalue weighted by atomic mass is 19.4. The lowest BCUT2D eigenvalue weighted by Gasteiger charge is -2.25. The quantitative estimate of drug-likeness (QED) is 0.296. The molecule has 2 aromatic heterocycles. The van der Waals surface area contributed by atoms with E-state index in [-0.39, 0.29) is 17.5 Å². The van der Waals surface area contributed by atoms with Crippen LogP contribution in [0.2, 0.25) is 0 Å². The molecule has 1 atom stereocenters. The number of anilines is 2. The van der Waals surface area contributed by atoms with Gasteiger partial charge in [-0.2, -0.15) is 22.8 Å². The van der Waals surface area contributed by atoms with Crippen LogP contribution in [0.1, 0.15) is 58.7 Å². The van der Waals surface area contributed by atoms with Gasteiger partial charge in [0.25, 0.3) is 11.7 Å². The summed E-state index contributed by atoms with van der Waals surface area (Å²) in [5, 5.41) is 17.3. The molecule has 1 unspecified atom stereocenters. The molecular weight excluding hydrogens is 545 g/mol. The lowest BCUT2D eigenvalue weighted by atomic mass is 10.0. The molecule has 2 aliphatic rings. The molecule has 0 radical (unpaired) electrons. The van der Waals surface area contributed by atoms with Crippen molar-refractivity contribution in [3.63, 3.8) is 0 Å². The van der Waals surface area contributed by atoms with Gasteiger partial charge in [0.05, 0.1) is 0 Å². The zero-order valence-corrected chi connectivity index (χ0v) is 22.9. The van der Waals surface area contributed by atoms with Crippen molar-refractivity contribution in [3.05, 3.63) is 88.9 Å². The predicted octanol–water partition coefficient (Wildman–Crippen LogP) is 5.09. The van der Waals surface area contributed by atoms with Crippen LogP contribution in [0.15, 0.2) is 60.7 Å². The lowest BCUT2D eigenvalue weighted by molar-refractivity contribution is -0.144. The Hall–Kier alpha value is -4.32. The molecule has 0 spiro atoms. The average molecular weight is 577 g/mol. The molecule has 3 heterocycles. The number of nitrogens with zero attached hydrogens (tertiary/aromatic N) is 6. The van der Waals surface area contributed by atoms with Crippen LogP contribution in [0.4, 0.5) is 24.8 Å². The van der Waals surface area contributed by atoms with E-state index < -0.39 is 17.9 Å². The highest BCUT2D eigenvalue weighted by Gasteiger charge is 2.37. The van der Waals surface area contributed by atoms with Crippen molar-refractivity contribution in [1.29, 1.82) is 0 Å². The maximum atomic E-state index is 13.6. The fourth-order valence-electron chi connectivity index (χ4n) is 5.67. The molecule has 218 valence electrons. The van der Waals surface area contributed by atoms with Crippen LogP contribution in [0.5, 0.6) is 0 Å². The van der Waals surface area contributed by atoms with Crippen LogP contribution in [-0.4, -0.2) is 54.9 Å². The Morgan fingerprint density at radius 1 is 0.929 bits per heavy atom. The number of halogens is 3. The Morgan fingerprint density at radius 3 is 2.40 bits per heavy atom. The Bertz CT molecular complexity index is 1530. The number of carbonyl (C=O) groups is 1. The number of hydrogen-bond acceptors (Lipinski definition) is 7. The number of aromatic nitrogens is 5. The largest absolute Gasteiger partial charge is 0.453 e. The first-order valence-electron chi connectivity index (χ1n) is 14.2. The van der Waals surface area contributed by atoms with E-state index in [9.17, 15) is 18.0 Å². The minimum Gasteiger partial charge on any atom is -0.347 e. The molecule has 0 bridgehead atoms. The van der Waals surface area contributed by atoms with E-state index in [2.05, 4.69) is 35.8 Å². The van der Waals surface area contributed by atoms with Crippen molar-refractivity contribution >= 4 is 17.5 Å². The summed E-state index contributed by atoms with van der Waals surface area (Å²) in [5.74, 6) is -1.92. The van der Waals surface area contributed by atoms with Crippen molar-refractivity contribution in [2.24, 2.45) is 0 Å². The molecule has 0 saturated carbocycles. The summed E-state index contributed by atoms with van der Waals surface area (Å²) in [7, 11) is 0. The molecule has 9 nitrogen and oxygen atoms in total. The summed E-state index contributed by atoms with van der Waals surface area (Å²) in [4.78, 5) is 18.9. The number of rotatable bonds is 7. The number of hydrogen-bond donors (Lipinski definition) is 2. The second-order valence-electron chi connectivity index (χ2n) is 10.7. The third-order valence-corrected chi connectivity index (χ3v) is 7.87. The molecule has 12 heteroatoms. The van der Waals surface area contributed by atoms with E-state index in [4.69, 9.17) is 0 Å². The number of fused-ring (bicyclic) bond motifs is 1. The number of aryl methyl sites for hydroxylation is 2. The Labute approximate surface area is 241 Å².